The lowest BCUT2D eigenvalue weighted by Gasteiger charge is -2.34. The van der Waals surface area contributed by atoms with Gasteiger partial charge in [0.25, 0.3) is 0 Å². The lowest BCUT2D eigenvalue weighted by atomic mass is 10.0. The second-order valence-corrected chi connectivity index (χ2v) is 8.27. The number of carbonyl (C=O) groups is 1. The molecule has 0 aromatic carbocycles. The number of aryl methyl sites for hydroxylation is 1. The van der Waals surface area contributed by atoms with Gasteiger partial charge < -0.3 is 15.1 Å². The Morgan fingerprint density at radius 1 is 1.40 bits per heavy atom. The minimum atomic E-state index is 0.0907. The fourth-order valence-corrected chi connectivity index (χ4v) is 4.35. The van der Waals surface area contributed by atoms with Gasteiger partial charge in [0, 0.05) is 30.6 Å². The molecule has 1 saturated heterocycles. The summed E-state index contributed by atoms with van der Waals surface area (Å²) in [6, 6.07) is 2.93. The van der Waals surface area contributed by atoms with Gasteiger partial charge in [-0.1, -0.05) is 19.8 Å². The lowest BCUT2D eigenvalue weighted by molar-refractivity contribution is 0.148. The average molecular weight is 366 g/mol. The van der Waals surface area contributed by atoms with Crippen molar-refractivity contribution in [3.8, 4) is 0 Å². The van der Waals surface area contributed by atoms with Crippen molar-refractivity contribution < 1.29 is 4.79 Å². The standard InChI is InChI=1S/C20H35N3OS/c1-4-5-11-21-20(24)23(16-19-17(2)10-15-25-19)14-8-13-22-12-7-6-9-18(22)3/h10,15,18H,4-9,11-14,16H2,1-3H3,(H,21,24). The molecule has 1 aliphatic heterocycles. The van der Waals surface area contributed by atoms with Gasteiger partial charge in [-0.05, 0) is 63.1 Å². The van der Waals surface area contributed by atoms with Gasteiger partial charge in [-0.3, -0.25) is 0 Å². The van der Waals surface area contributed by atoms with Gasteiger partial charge in [-0.25, -0.2) is 4.79 Å². The zero-order valence-corrected chi connectivity index (χ0v) is 17.0. The van der Waals surface area contributed by atoms with Crippen LogP contribution in [0.1, 0.15) is 62.8 Å². The van der Waals surface area contributed by atoms with Gasteiger partial charge in [0.15, 0.2) is 0 Å². The highest BCUT2D eigenvalue weighted by Gasteiger charge is 2.19. The Kier molecular flexibility index (Phi) is 8.76. The maximum Gasteiger partial charge on any atom is 0.317 e. The van der Waals surface area contributed by atoms with E-state index in [-0.39, 0.29) is 6.03 Å². The Morgan fingerprint density at radius 3 is 2.92 bits per heavy atom. The summed E-state index contributed by atoms with van der Waals surface area (Å²) in [5, 5.41) is 5.21. The topological polar surface area (TPSA) is 35.6 Å². The Hall–Kier alpha value is -1.07. The van der Waals surface area contributed by atoms with E-state index in [4.69, 9.17) is 0 Å². The molecule has 142 valence electrons. The number of likely N-dealkylation sites (tertiary alicyclic amines) is 1. The summed E-state index contributed by atoms with van der Waals surface area (Å²) in [6.45, 7) is 11.3. The van der Waals surface area contributed by atoms with Crippen LogP contribution in [-0.2, 0) is 6.54 Å². The molecule has 1 aliphatic rings. The molecule has 1 unspecified atom stereocenters. The number of piperidine rings is 1. The van der Waals surface area contributed by atoms with E-state index in [1.54, 1.807) is 11.3 Å². The SMILES string of the molecule is CCCCNC(=O)N(CCCN1CCCCC1C)Cc1sccc1C. The summed E-state index contributed by atoms with van der Waals surface area (Å²) < 4.78 is 0. The molecule has 0 aliphatic carbocycles. The quantitative estimate of drug-likeness (QED) is 0.648. The molecule has 25 heavy (non-hydrogen) atoms. The van der Waals surface area contributed by atoms with Crippen LogP contribution < -0.4 is 5.32 Å². The van der Waals surface area contributed by atoms with Crippen molar-refractivity contribution in [3.63, 3.8) is 0 Å². The van der Waals surface area contributed by atoms with Crippen LogP contribution in [0.4, 0.5) is 4.79 Å². The van der Waals surface area contributed by atoms with Gasteiger partial charge in [0.1, 0.15) is 0 Å². The molecular formula is C20H35N3OS. The van der Waals surface area contributed by atoms with Gasteiger partial charge in [0.2, 0.25) is 0 Å². The third-order valence-corrected chi connectivity index (χ3v) is 6.22. The Morgan fingerprint density at radius 2 is 2.24 bits per heavy atom. The Balaban J connectivity index is 1.86. The molecule has 0 saturated carbocycles. The van der Waals surface area contributed by atoms with E-state index in [9.17, 15) is 4.79 Å². The molecule has 2 amide bonds. The van der Waals surface area contributed by atoms with E-state index in [0.29, 0.717) is 6.04 Å². The lowest BCUT2D eigenvalue weighted by Crippen LogP contribution is -2.43. The number of thiophene rings is 1. The first-order valence-corrected chi connectivity index (χ1v) is 10.8. The van der Waals surface area contributed by atoms with Crippen molar-refractivity contribution >= 4 is 17.4 Å². The molecular weight excluding hydrogens is 330 g/mol. The number of urea groups is 1. The van der Waals surface area contributed by atoms with Gasteiger partial charge >= 0.3 is 6.03 Å². The predicted octanol–water partition coefficient (Wildman–Crippen LogP) is 4.63. The van der Waals surface area contributed by atoms with Crippen LogP contribution in [0.5, 0.6) is 0 Å². The number of hydrogen-bond acceptors (Lipinski definition) is 3. The highest BCUT2D eigenvalue weighted by molar-refractivity contribution is 7.10. The maximum absolute atomic E-state index is 12.6. The predicted molar refractivity (Wildman–Crippen MR) is 107 cm³/mol. The fourth-order valence-electron chi connectivity index (χ4n) is 3.43. The zero-order valence-electron chi connectivity index (χ0n) is 16.2. The third kappa shape index (κ3) is 6.63. The molecule has 0 radical (unpaired) electrons. The maximum atomic E-state index is 12.6. The summed E-state index contributed by atoms with van der Waals surface area (Å²) in [7, 11) is 0. The van der Waals surface area contributed by atoms with Crippen molar-refractivity contribution in [3.05, 3.63) is 21.9 Å². The van der Waals surface area contributed by atoms with Crippen molar-refractivity contribution in [1.29, 1.82) is 0 Å². The summed E-state index contributed by atoms with van der Waals surface area (Å²) in [5.74, 6) is 0. The molecule has 1 aromatic heterocycles. The van der Waals surface area contributed by atoms with Crippen LogP contribution in [0.3, 0.4) is 0 Å². The zero-order chi connectivity index (χ0) is 18.1. The normalized spacial score (nSPS) is 18.3. The smallest absolute Gasteiger partial charge is 0.317 e. The molecule has 1 N–H and O–H groups in total. The monoisotopic (exact) mass is 365 g/mol. The van der Waals surface area contributed by atoms with E-state index in [1.807, 2.05) is 4.90 Å². The van der Waals surface area contributed by atoms with Crippen LogP contribution in [0, 0.1) is 6.92 Å². The van der Waals surface area contributed by atoms with Crippen molar-refractivity contribution in [2.24, 2.45) is 0 Å². The Labute approximate surface area is 157 Å². The van der Waals surface area contributed by atoms with E-state index in [0.717, 1.165) is 45.4 Å². The molecule has 4 nitrogen and oxygen atoms in total. The molecule has 2 heterocycles. The largest absolute Gasteiger partial charge is 0.338 e. The Bertz CT molecular complexity index is 517. The highest BCUT2D eigenvalue weighted by atomic mass is 32.1. The number of hydrogen-bond donors (Lipinski definition) is 1. The van der Waals surface area contributed by atoms with Gasteiger partial charge in [-0.2, -0.15) is 0 Å². The van der Waals surface area contributed by atoms with Crippen molar-refractivity contribution in [2.45, 2.75) is 71.9 Å². The van der Waals surface area contributed by atoms with E-state index in [1.165, 1.54) is 36.2 Å². The number of unbranched alkanes of at least 4 members (excludes halogenated alkanes) is 1. The first-order chi connectivity index (χ1) is 12.1. The first-order valence-electron chi connectivity index (χ1n) is 9.91. The van der Waals surface area contributed by atoms with Crippen molar-refractivity contribution in [1.82, 2.24) is 15.1 Å². The van der Waals surface area contributed by atoms with E-state index in [2.05, 4.69) is 42.4 Å². The summed E-state index contributed by atoms with van der Waals surface area (Å²) in [5.41, 5.74) is 1.29. The van der Waals surface area contributed by atoms with E-state index < -0.39 is 0 Å². The highest BCUT2D eigenvalue weighted by Crippen LogP contribution is 2.19. The number of nitrogens with zero attached hydrogens (tertiary/aromatic N) is 2. The average Bonchev–Trinajstić information content (AvgIpc) is 3.00. The van der Waals surface area contributed by atoms with Crippen molar-refractivity contribution in [2.75, 3.05) is 26.2 Å². The molecule has 0 spiro atoms. The molecule has 1 fully saturated rings. The van der Waals surface area contributed by atoms with Gasteiger partial charge in [0.05, 0.1) is 6.54 Å². The second kappa shape index (κ2) is 10.8. The van der Waals surface area contributed by atoms with Gasteiger partial charge in [-0.15, -0.1) is 11.3 Å². The molecule has 5 heteroatoms. The number of carbonyl (C=O) groups excluding carboxylic acids is 1. The van der Waals surface area contributed by atoms with Crippen LogP contribution in [0.25, 0.3) is 0 Å². The van der Waals surface area contributed by atoms with Crippen LogP contribution in [0.15, 0.2) is 11.4 Å². The summed E-state index contributed by atoms with van der Waals surface area (Å²) >= 11 is 1.75. The minimum Gasteiger partial charge on any atom is -0.338 e. The summed E-state index contributed by atoms with van der Waals surface area (Å²) in [6.07, 6.45) is 7.20. The van der Waals surface area contributed by atoms with Crippen LogP contribution in [0.2, 0.25) is 0 Å². The minimum absolute atomic E-state index is 0.0907. The molecule has 1 atom stereocenters. The molecule has 2 rings (SSSR count). The molecule has 1 aromatic rings. The van der Waals surface area contributed by atoms with Crippen LogP contribution in [-0.4, -0.2) is 48.1 Å². The summed E-state index contributed by atoms with van der Waals surface area (Å²) in [4.78, 5) is 18.5. The number of rotatable bonds is 9. The van der Waals surface area contributed by atoms with Crippen LogP contribution >= 0.6 is 11.3 Å². The molecule has 0 bridgehead atoms. The first kappa shape index (κ1) is 20.2. The number of nitrogens with one attached hydrogen (secondary N) is 1. The third-order valence-electron chi connectivity index (χ3n) is 5.21. The second-order valence-electron chi connectivity index (χ2n) is 7.27. The number of amides is 2. The fraction of sp³-hybridized carbons (Fsp3) is 0.750. The van der Waals surface area contributed by atoms with E-state index >= 15 is 0 Å².